The number of esters is 2. The van der Waals surface area contributed by atoms with Crippen molar-refractivity contribution in [3.63, 3.8) is 0 Å². The van der Waals surface area contributed by atoms with E-state index in [0.717, 1.165) is 24.8 Å². The van der Waals surface area contributed by atoms with Crippen LogP contribution in [0.25, 0.3) is 0 Å². The van der Waals surface area contributed by atoms with Crippen LogP contribution in [0.1, 0.15) is 48.5 Å². The number of ether oxygens (including phenoxy) is 2. The van der Waals surface area contributed by atoms with Crippen LogP contribution in [0, 0.1) is 6.92 Å². The zero-order valence-corrected chi connectivity index (χ0v) is 12.7. The summed E-state index contributed by atoms with van der Waals surface area (Å²) in [4.78, 5) is 23.0. The lowest BCUT2D eigenvalue weighted by molar-refractivity contribution is -0.143. The highest BCUT2D eigenvalue weighted by Gasteiger charge is 2.11. The average molecular weight is 293 g/mol. The quantitative estimate of drug-likeness (QED) is 0.453. The van der Waals surface area contributed by atoms with Crippen molar-refractivity contribution >= 4 is 17.6 Å². The second-order valence-electron chi connectivity index (χ2n) is 4.84. The van der Waals surface area contributed by atoms with Crippen LogP contribution in [0.2, 0.25) is 0 Å². The molecule has 21 heavy (non-hydrogen) atoms. The van der Waals surface area contributed by atoms with E-state index in [2.05, 4.69) is 0 Å². The van der Waals surface area contributed by atoms with Crippen molar-refractivity contribution in [3.05, 3.63) is 29.3 Å². The Bertz CT molecular complexity index is 485. The summed E-state index contributed by atoms with van der Waals surface area (Å²) in [6, 6.07) is 5.27. The Morgan fingerprint density at radius 1 is 1.14 bits per heavy atom. The lowest BCUT2D eigenvalue weighted by Crippen LogP contribution is -2.09. The Morgan fingerprint density at radius 3 is 2.62 bits per heavy atom. The van der Waals surface area contributed by atoms with E-state index in [1.54, 1.807) is 19.1 Å². The van der Waals surface area contributed by atoms with Gasteiger partial charge in [-0.1, -0.05) is 11.6 Å². The van der Waals surface area contributed by atoms with Crippen molar-refractivity contribution in [2.75, 3.05) is 18.9 Å². The number of unbranched alkanes of at least 4 members (excludes halogenated alkanes) is 2. The van der Waals surface area contributed by atoms with E-state index in [4.69, 9.17) is 15.2 Å². The van der Waals surface area contributed by atoms with Crippen molar-refractivity contribution in [1.29, 1.82) is 0 Å². The van der Waals surface area contributed by atoms with Gasteiger partial charge in [0.15, 0.2) is 0 Å². The van der Waals surface area contributed by atoms with Crippen molar-refractivity contribution in [2.45, 2.75) is 39.5 Å². The third kappa shape index (κ3) is 6.29. The molecule has 0 aromatic heterocycles. The zero-order chi connectivity index (χ0) is 15.7. The maximum absolute atomic E-state index is 11.9. The minimum absolute atomic E-state index is 0.179. The molecule has 1 rings (SSSR count). The van der Waals surface area contributed by atoms with Gasteiger partial charge in [-0.2, -0.15) is 0 Å². The first-order valence-corrected chi connectivity index (χ1v) is 7.23. The molecule has 5 nitrogen and oxygen atoms in total. The Balaban J connectivity index is 2.22. The molecule has 0 radical (unpaired) electrons. The van der Waals surface area contributed by atoms with Gasteiger partial charge in [0, 0.05) is 12.1 Å². The molecule has 0 saturated heterocycles. The Morgan fingerprint density at radius 2 is 1.90 bits per heavy atom. The summed E-state index contributed by atoms with van der Waals surface area (Å²) in [6.07, 6.45) is 2.68. The Kier molecular flexibility index (Phi) is 7.29. The van der Waals surface area contributed by atoms with Gasteiger partial charge in [-0.15, -0.1) is 0 Å². The van der Waals surface area contributed by atoms with E-state index in [-0.39, 0.29) is 5.97 Å². The SMILES string of the molecule is CCOC(=O)CCCCCOC(=O)c1cc(C)ccc1N. The minimum Gasteiger partial charge on any atom is -0.466 e. The summed E-state index contributed by atoms with van der Waals surface area (Å²) in [5.41, 5.74) is 7.54. The van der Waals surface area contributed by atoms with E-state index < -0.39 is 5.97 Å². The van der Waals surface area contributed by atoms with Gasteiger partial charge in [-0.3, -0.25) is 4.79 Å². The van der Waals surface area contributed by atoms with E-state index in [0.29, 0.717) is 30.9 Å². The smallest absolute Gasteiger partial charge is 0.340 e. The van der Waals surface area contributed by atoms with Crippen molar-refractivity contribution in [2.24, 2.45) is 0 Å². The molecule has 0 unspecified atom stereocenters. The van der Waals surface area contributed by atoms with Crippen LogP contribution in [0.3, 0.4) is 0 Å². The highest BCUT2D eigenvalue weighted by molar-refractivity contribution is 5.95. The predicted molar refractivity (Wildman–Crippen MR) is 81.0 cm³/mol. The summed E-state index contributed by atoms with van der Waals surface area (Å²) in [5.74, 6) is -0.580. The molecule has 0 heterocycles. The number of rotatable bonds is 8. The minimum atomic E-state index is -0.401. The van der Waals surface area contributed by atoms with Crippen LogP contribution < -0.4 is 5.73 Å². The second-order valence-corrected chi connectivity index (χ2v) is 4.84. The molecule has 5 heteroatoms. The highest BCUT2D eigenvalue weighted by atomic mass is 16.5. The fraction of sp³-hybridized carbons (Fsp3) is 0.500. The highest BCUT2D eigenvalue weighted by Crippen LogP contribution is 2.15. The molecule has 0 fully saturated rings. The number of nitrogens with two attached hydrogens (primary N) is 1. The van der Waals surface area contributed by atoms with Crippen molar-refractivity contribution < 1.29 is 19.1 Å². The summed E-state index contributed by atoms with van der Waals surface area (Å²) in [6.45, 7) is 4.42. The van der Waals surface area contributed by atoms with Gasteiger partial charge in [0.05, 0.1) is 18.8 Å². The first-order chi connectivity index (χ1) is 10.0. The van der Waals surface area contributed by atoms with Gasteiger partial charge in [0.1, 0.15) is 0 Å². The molecule has 0 spiro atoms. The van der Waals surface area contributed by atoms with Crippen molar-refractivity contribution in [3.8, 4) is 0 Å². The van der Waals surface area contributed by atoms with Crippen LogP contribution in [-0.4, -0.2) is 25.2 Å². The number of anilines is 1. The van der Waals surface area contributed by atoms with E-state index >= 15 is 0 Å². The summed E-state index contributed by atoms with van der Waals surface area (Å²) >= 11 is 0. The number of nitrogen functional groups attached to an aromatic ring is 1. The van der Waals surface area contributed by atoms with Gasteiger partial charge in [-0.25, -0.2) is 4.79 Å². The van der Waals surface area contributed by atoms with E-state index in [1.165, 1.54) is 0 Å². The monoisotopic (exact) mass is 293 g/mol. The number of benzene rings is 1. The predicted octanol–water partition coefficient (Wildman–Crippen LogP) is 2.86. The fourth-order valence-electron chi connectivity index (χ4n) is 1.87. The molecule has 1 aromatic rings. The molecular formula is C16H23NO4. The van der Waals surface area contributed by atoms with Gasteiger partial charge >= 0.3 is 11.9 Å². The standard InChI is InChI=1S/C16H23NO4/c1-3-20-15(18)7-5-4-6-10-21-16(19)13-11-12(2)8-9-14(13)17/h8-9,11H,3-7,10,17H2,1-2H3. The van der Waals surface area contributed by atoms with E-state index in [1.807, 2.05) is 13.0 Å². The summed E-state index contributed by atoms with van der Waals surface area (Å²) < 4.78 is 10.0. The molecule has 2 N–H and O–H groups in total. The first-order valence-electron chi connectivity index (χ1n) is 7.23. The summed E-state index contributed by atoms with van der Waals surface area (Å²) in [7, 11) is 0. The number of hydrogen-bond donors (Lipinski definition) is 1. The van der Waals surface area contributed by atoms with Gasteiger partial charge < -0.3 is 15.2 Å². The topological polar surface area (TPSA) is 78.6 Å². The second kappa shape index (κ2) is 9.00. The number of carbonyl (C=O) groups is 2. The molecule has 1 aromatic carbocycles. The number of carbonyl (C=O) groups excluding carboxylic acids is 2. The van der Waals surface area contributed by atoms with E-state index in [9.17, 15) is 9.59 Å². The van der Waals surface area contributed by atoms with Crippen LogP contribution >= 0.6 is 0 Å². The van der Waals surface area contributed by atoms with Gasteiger partial charge in [0.25, 0.3) is 0 Å². The third-order valence-electron chi connectivity index (χ3n) is 2.99. The molecule has 0 amide bonds. The van der Waals surface area contributed by atoms with Gasteiger partial charge in [0.2, 0.25) is 0 Å². The Hall–Kier alpha value is -2.04. The fourth-order valence-corrected chi connectivity index (χ4v) is 1.87. The normalized spacial score (nSPS) is 10.2. The van der Waals surface area contributed by atoms with Crippen LogP contribution in [0.5, 0.6) is 0 Å². The average Bonchev–Trinajstić information content (AvgIpc) is 2.45. The molecule has 0 aliphatic carbocycles. The molecule has 0 aliphatic heterocycles. The zero-order valence-electron chi connectivity index (χ0n) is 12.7. The summed E-state index contributed by atoms with van der Waals surface area (Å²) in [5, 5.41) is 0. The molecule has 0 saturated carbocycles. The van der Waals surface area contributed by atoms with Crippen LogP contribution in [0.4, 0.5) is 5.69 Å². The van der Waals surface area contributed by atoms with Crippen molar-refractivity contribution in [1.82, 2.24) is 0 Å². The largest absolute Gasteiger partial charge is 0.466 e. The molecule has 0 bridgehead atoms. The third-order valence-corrected chi connectivity index (χ3v) is 2.99. The molecule has 0 atom stereocenters. The maximum Gasteiger partial charge on any atom is 0.340 e. The molecule has 116 valence electrons. The lowest BCUT2D eigenvalue weighted by atomic mass is 10.1. The number of aryl methyl sites for hydroxylation is 1. The molecular weight excluding hydrogens is 270 g/mol. The maximum atomic E-state index is 11.9. The van der Waals surface area contributed by atoms with Gasteiger partial charge in [-0.05, 0) is 45.2 Å². The lowest BCUT2D eigenvalue weighted by Gasteiger charge is -2.08. The number of hydrogen-bond acceptors (Lipinski definition) is 5. The Labute approximate surface area is 125 Å². The first kappa shape index (κ1) is 17.0. The van der Waals surface area contributed by atoms with Crippen LogP contribution in [-0.2, 0) is 14.3 Å². The van der Waals surface area contributed by atoms with Crippen LogP contribution in [0.15, 0.2) is 18.2 Å². The molecule has 0 aliphatic rings.